The van der Waals surface area contributed by atoms with Crippen molar-refractivity contribution in [3.63, 3.8) is 0 Å². The largest absolute Gasteiger partial charge is 0.373 e. The van der Waals surface area contributed by atoms with Crippen LogP contribution in [-0.2, 0) is 4.79 Å². The Morgan fingerprint density at radius 1 is 1.11 bits per heavy atom. The molecule has 0 amide bonds. The molecule has 4 atom stereocenters. The highest BCUT2D eigenvalue weighted by molar-refractivity contribution is 5.90. The summed E-state index contributed by atoms with van der Waals surface area (Å²) in [5.74, 6) is 1.90. The molecule has 0 saturated carbocycles. The van der Waals surface area contributed by atoms with Gasteiger partial charge in [-0.3, -0.25) is 9.69 Å². The highest BCUT2D eigenvalue weighted by Crippen LogP contribution is 2.41. The first-order chi connectivity index (χ1) is 8.81. The van der Waals surface area contributed by atoms with Crippen LogP contribution in [-0.4, -0.2) is 47.3 Å². The molecule has 0 aliphatic carbocycles. The molecule has 4 aliphatic rings. The van der Waals surface area contributed by atoms with Crippen LogP contribution in [0.2, 0.25) is 0 Å². The maximum absolute atomic E-state index is 11.6. The van der Waals surface area contributed by atoms with Crippen molar-refractivity contribution in [1.82, 2.24) is 9.80 Å². The fraction of sp³-hybridized carbons (Fsp3) is 0.800. The maximum atomic E-state index is 11.6. The Hall–Kier alpha value is -0.830. The molecule has 18 heavy (non-hydrogen) atoms. The molecule has 4 aliphatic heterocycles. The number of carbonyl (C=O) groups excluding carboxylic acids is 1. The highest BCUT2D eigenvalue weighted by Gasteiger charge is 2.46. The minimum Gasteiger partial charge on any atom is -0.373 e. The number of nitrogens with zero attached hydrogens (tertiary/aromatic N) is 2. The van der Waals surface area contributed by atoms with Crippen molar-refractivity contribution in [3.8, 4) is 0 Å². The third-order valence-corrected chi connectivity index (χ3v) is 5.56. The van der Waals surface area contributed by atoms with Gasteiger partial charge in [0.15, 0.2) is 5.78 Å². The summed E-state index contributed by atoms with van der Waals surface area (Å²) in [4.78, 5) is 16.9. The second-order valence-electron chi connectivity index (χ2n) is 6.56. The van der Waals surface area contributed by atoms with Gasteiger partial charge in [0.2, 0.25) is 0 Å². The van der Waals surface area contributed by atoms with E-state index in [0.717, 1.165) is 24.3 Å². The number of ketones is 1. The van der Waals surface area contributed by atoms with Gasteiger partial charge in [-0.05, 0) is 43.7 Å². The lowest BCUT2D eigenvalue weighted by molar-refractivity contribution is -0.119. The molecule has 0 N–H and O–H groups in total. The molecule has 3 saturated heterocycles. The predicted molar refractivity (Wildman–Crippen MR) is 70.1 cm³/mol. The molecule has 3 nitrogen and oxygen atoms in total. The molecule has 3 heteroatoms. The second kappa shape index (κ2) is 4.09. The summed E-state index contributed by atoms with van der Waals surface area (Å²) in [5.41, 5.74) is 0. The molecule has 0 aromatic carbocycles. The summed E-state index contributed by atoms with van der Waals surface area (Å²) in [6, 6.07) is 1.34. The molecule has 2 bridgehead atoms. The van der Waals surface area contributed by atoms with Crippen molar-refractivity contribution in [2.75, 3.05) is 19.6 Å². The number of fused-ring (bicyclic) bond motifs is 6. The van der Waals surface area contributed by atoms with Crippen molar-refractivity contribution < 1.29 is 4.79 Å². The SMILES string of the molecule is O=C1C=CN2C[C@@H]3C[C@@H](CN4CCCC[C@@H]34)[C@H]2C1. The van der Waals surface area contributed by atoms with Gasteiger partial charge >= 0.3 is 0 Å². The lowest BCUT2D eigenvalue weighted by atomic mass is 9.71. The molecular formula is C15H22N2O. The smallest absolute Gasteiger partial charge is 0.159 e. The summed E-state index contributed by atoms with van der Waals surface area (Å²) in [6.07, 6.45) is 10.2. The summed E-state index contributed by atoms with van der Waals surface area (Å²) in [5, 5.41) is 0. The van der Waals surface area contributed by atoms with Crippen molar-refractivity contribution in [3.05, 3.63) is 12.3 Å². The van der Waals surface area contributed by atoms with E-state index in [-0.39, 0.29) is 0 Å². The number of carbonyl (C=O) groups is 1. The zero-order valence-electron chi connectivity index (χ0n) is 10.9. The molecule has 0 aromatic heterocycles. The molecule has 98 valence electrons. The minimum atomic E-state index is 0.329. The zero-order valence-corrected chi connectivity index (χ0v) is 10.9. The fourth-order valence-electron chi connectivity index (χ4n) is 4.76. The van der Waals surface area contributed by atoms with E-state index >= 15 is 0 Å². The van der Waals surface area contributed by atoms with Gasteiger partial charge in [-0.15, -0.1) is 0 Å². The lowest BCUT2D eigenvalue weighted by Gasteiger charge is -2.56. The van der Waals surface area contributed by atoms with Crippen LogP contribution in [0.5, 0.6) is 0 Å². The van der Waals surface area contributed by atoms with Gasteiger partial charge in [-0.2, -0.15) is 0 Å². The first kappa shape index (κ1) is 11.0. The first-order valence-electron chi connectivity index (χ1n) is 7.52. The number of allylic oxidation sites excluding steroid dienone is 1. The quantitative estimate of drug-likeness (QED) is 0.649. The van der Waals surface area contributed by atoms with E-state index in [1.165, 1.54) is 45.3 Å². The zero-order chi connectivity index (χ0) is 12.1. The second-order valence-corrected chi connectivity index (χ2v) is 6.56. The third kappa shape index (κ3) is 1.63. The van der Waals surface area contributed by atoms with Gasteiger partial charge < -0.3 is 4.90 Å². The van der Waals surface area contributed by atoms with Crippen molar-refractivity contribution in [2.45, 2.75) is 44.2 Å². The van der Waals surface area contributed by atoms with E-state index < -0.39 is 0 Å². The van der Waals surface area contributed by atoms with Gasteiger partial charge in [-0.25, -0.2) is 0 Å². The van der Waals surface area contributed by atoms with E-state index in [0.29, 0.717) is 11.8 Å². The fourth-order valence-corrected chi connectivity index (χ4v) is 4.76. The van der Waals surface area contributed by atoms with Crippen LogP contribution in [0.4, 0.5) is 0 Å². The van der Waals surface area contributed by atoms with Crippen LogP contribution >= 0.6 is 0 Å². The molecule has 4 heterocycles. The summed E-state index contributed by atoms with van der Waals surface area (Å²) in [6.45, 7) is 3.73. The minimum absolute atomic E-state index is 0.329. The van der Waals surface area contributed by atoms with Gasteiger partial charge in [0, 0.05) is 37.8 Å². The Morgan fingerprint density at radius 2 is 2.00 bits per heavy atom. The average Bonchev–Trinajstić information content (AvgIpc) is 2.40. The number of piperidine rings is 3. The monoisotopic (exact) mass is 246 g/mol. The van der Waals surface area contributed by atoms with Gasteiger partial charge in [0.25, 0.3) is 0 Å². The van der Waals surface area contributed by atoms with Crippen LogP contribution in [0, 0.1) is 11.8 Å². The van der Waals surface area contributed by atoms with E-state index in [1.807, 2.05) is 0 Å². The van der Waals surface area contributed by atoms with Crippen molar-refractivity contribution in [2.24, 2.45) is 11.8 Å². The Labute approximate surface area is 109 Å². The van der Waals surface area contributed by atoms with Gasteiger partial charge in [0.05, 0.1) is 0 Å². The van der Waals surface area contributed by atoms with E-state index in [4.69, 9.17) is 0 Å². The topological polar surface area (TPSA) is 23.6 Å². The predicted octanol–water partition coefficient (Wildman–Crippen LogP) is 1.65. The molecule has 0 radical (unpaired) electrons. The average molecular weight is 246 g/mol. The normalized spacial score (nSPS) is 43.6. The Balaban J connectivity index is 1.60. The van der Waals surface area contributed by atoms with Crippen LogP contribution in [0.15, 0.2) is 12.3 Å². The summed E-state index contributed by atoms with van der Waals surface area (Å²) < 4.78 is 0. The summed E-state index contributed by atoms with van der Waals surface area (Å²) in [7, 11) is 0. The highest BCUT2D eigenvalue weighted by atomic mass is 16.1. The molecule has 0 spiro atoms. The van der Waals surface area contributed by atoms with E-state index in [1.54, 1.807) is 6.08 Å². The van der Waals surface area contributed by atoms with E-state index in [2.05, 4.69) is 16.0 Å². The Morgan fingerprint density at radius 3 is 2.94 bits per heavy atom. The lowest BCUT2D eigenvalue weighted by Crippen LogP contribution is -2.62. The number of hydrogen-bond acceptors (Lipinski definition) is 3. The maximum Gasteiger partial charge on any atom is 0.159 e. The molecular weight excluding hydrogens is 224 g/mol. The number of hydrogen-bond donors (Lipinski definition) is 0. The standard InChI is InChI=1S/C15H22N2O/c18-13-4-6-17-9-11-7-12(15(17)8-13)10-16-5-2-1-3-14(11)16/h4,6,11-12,14-15H,1-3,5,7-10H2/t11-,12-,14-,15+/m0/s1. The number of rotatable bonds is 0. The molecule has 0 unspecified atom stereocenters. The first-order valence-corrected chi connectivity index (χ1v) is 7.52. The molecule has 0 aromatic rings. The van der Waals surface area contributed by atoms with Gasteiger partial charge in [0.1, 0.15) is 0 Å². The third-order valence-electron chi connectivity index (χ3n) is 5.56. The van der Waals surface area contributed by atoms with Crippen molar-refractivity contribution in [1.29, 1.82) is 0 Å². The Bertz CT molecular complexity index is 392. The molecule has 4 rings (SSSR count). The molecule has 3 fully saturated rings. The van der Waals surface area contributed by atoms with Crippen LogP contribution < -0.4 is 0 Å². The van der Waals surface area contributed by atoms with Crippen LogP contribution in [0.1, 0.15) is 32.1 Å². The Kier molecular flexibility index (Phi) is 2.51. The van der Waals surface area contributed by atoms with E-state index in [9.17, 15) is 4.79 Å². The van der Waals surface area contributed by atoms with Crippen LogP contribution in [0.25, 0.3) is 0 Å². The van der Waals surface area contributed by atoms with Gasteiger partial charge in [-0.1, -0.05) is 6.42 Å². The van der Waals surface area contributed by atoms with Crippen LogP contribution in [0.3, 0.4) is 0 Å². The summed E-state index contributed by atoms with van der Waals surface area (Å²) >= 11 is 0. The van der Waals surface area contributed by atoms with Crippen molar-refractivity contribution >= 4 is 5.78 Å².